The van der Waals surface area contributed by atoms with Crippen molar-refractivity contribution in [3.8, 4) is 5.75 Å². The number of likely N-dealkylation sites (tertiary alicyclic amines) is 2. The van der Waals surface area contributed by atoms with Crippen molar-refractivity contribution < 1.29 is 27.4 Å². The lowest BCUT2D eigenvalue weighted by Gasteiger charge is -2.36. The number of imidazole rings is 1. The van der Waals surface area contributed by atoms with E-state index in [9.17, 15) is 22.8 Å². The third-order valence-corrected chi connectivity index (χ3v) is 5.99. The van der Waals surface area contributed by atoms with Crippen LogP contribution in [0.15, 0.2) is 23.0 Å². The van der Waals surface area contributed by atoms with Gasteiger partial charge in [0.2, 0.25) is 0 Å². The summed E-state index contributed by atoms with van der Waals surface area (Å²) in [6, 6.07) is 3.99. The summed E-state index contributed by atoms with van der Waals surface area (Å²) in [5.74, 6) is -0.352. The van der Waals surface area contributed by atoms with Gasteiger partial charge in [-0.2, -0.15) is 0 Å². The molecule has 2 saturated heterocycles. The van der Waals surface area contributed by atoms with Crippen LogP contribution in [-0.2, 0) is 4.74 Å². The van der Waals surface area contributed by atoms with Crippen LogP contribution in [0.5, 0.6) is 5.75 Å². The molecule has 0 bridgehead atoms. The zero-order chi connectivity index (χ0) is 22.2. The summed E-state index contributed by atoms with van der Waals surface area (Å²) < 4.78 is 48.3. The molecule has 2 aromatic rings. The first-order chi connectivity index (χ1) is 14.7. The Morgan fingerprint density at radius 3 is 2.55 bits per heavy atom. The summed E-state index contributed by atoms with van der Waals surface area (Å²) in [5.41, 5.74) is 0.536. The van der Waals surface area contributed by atoms with Crippen LogP contribution in [0.2, 0.25) is 0 Å². The van der Waals surface area contributed by atoms with Crippen molar-refractivity contribution in [2.45, 2.75) is 44.6 Å². The molecule has 0 radical (unpaired) electrons. The van der Waals surface area contributed by atoms with Crippen LogP contribution < -0.4 is 10.4 Å². The predicted molar refractivity (Wildman–Crippen MR) is 106 cm³/mol. The molecule has 2 fully saturated rings. The standard InChI is InChI=1S/C20H25F3N4O4/c1-2-30-19(29)26-10-7-14(12-26)25-8-5-13(6-9-25)27-17-11-15(31-20(21,22)23)3-4-16(17)24-18(27)28/h3-4,11,13-14H,2,5-10,12H2,1H3,(H,24,28). The lowest BCUT2D eigenvalue weighted by molar-refractivity contribution is -0.274. The number of amides is 1. The van der Waals surface area contributed by atoms with E-state index in [1.807, 2.05) is 0 Å². The number of hydrogen-bond donors (Lipinski definition) is 1. The van der Waals surface area contributed by atoms with Crippen LogP contribution >= 0.6 is 0 Å². The highest BCUT2D eigenvalue weighted by molar-refractivity contribution is 5.77. The Morgan fingerprint density at radius 1 is 1.16 bits per heavy atom. The molecule has 1 unspecified atom stereocenters. The molecule has 1 aromatic carbocycles. The fourth-order valence-electron chi connectivity index (χ4n) is 4.59. The third-order valence-electron chi connectivity index (χ3n) is 5.99. The molecule has 8 nitrogen and oxygen atoms in total. The molecule has 1 amide bonds. The molecule has 0 saturated carbocycles. The van der Waals surface area contributed by atoms with Gasteiger partial charge in [0.1, 0.15) is 5.75 Å². The monoisotopic (exact) mass is 442 g/mol. The maximum absolute atomic E-state index is 12.6. The van der Waals surface area contributed by atoms with E-state index in [4.69, 9.17) is 4.74 Å². The summed E-state index contributed by atoms with van der Waals surface area (Å²) in [6.07, 6.45) is -2.84. The van der Waals surface area contributed by atoms with Crippen molar-refractivity contribution in [1.29, 1.82) is 0 Å². The van der Waals surface area contributed by atoms with Crippen LogP contribution in [0.4, 0.5) is 18.0 Å². The van der Waals surface area contributed by atoms with Gasteiger partial charge < -0.3 is 19.4 Å². The number of rotatable bonds is 4. The number of carbonyl (C=O) groups excluding carboxylic acids is 1. The first-order valence-electron chi connectivity index (χ1n) is 10.4. The number of fused-ring (bicyclic) bond motifs is 1. The van der Waals surface area contributed by atoms with E-state index in [2.05, 4.69) is 14.6 Å². The first-order valence-corrected chi connectivity index (χ1v) is 10.4. The van der Waals surface area contributed by atoms with Crippen molar-refractivity contribution in [3.05, 3.63) is 28.7 Å². The number of benzene rings is 1. The Hall–Kier alpha value is -2.69. The number of alkyl halides is 3. The highest BCUT2D eigenvalue weighted by Crippen LogP contribution is 2.30. The maximum Gasteiger partial charge on any atom is 0.573 e. The Balaban J connectivity index is 1.44. The molecule has 3 heterocycles. The average Bonchev–Trinajstić information content (AvgIpc) is 3.31. The van der Waals surface area contributed by atoms with E-state index in [0.29, 0.717) is 43.6 Å². The van der Waals surface area contributed by atoms with E-state index in [1.165, 1.54) is 22.8 Å². The van der Waals surface area contributed by atoms with Crippen molar-refractivity contribution in [3.63, 3.8) is 0 Å². The summed E-state index contributed by atoms with van der Waals surface area (Å²) in [5, 5.41) is 0. The number of aromatic amines is 1. The number of carbonyl (C=O) groups is 1. The van der Waals surface area contributed by atoms with E-state index in [-0.39, 0.29) is 29.6 Å². The molecule has 11 heteroatoms. The van der Waals surface area contributed by atoms with E-state index in [1.54, 1.807) is 11.8 Å². The van der Waals surface area contributed by atoms with Crippen LogP contribution in [-0.4, -0.2) is 70.6 Å². The molecule has 4 rings (SSSR count). The lowest BCUT2D eigenvalue weighted by atomic mass is 10.0. The van der Waals surface area contributed by atoms with Gasteiger partial charge in [-0.05, 0) is 38.3 Å². The van der Waals surface area contributed by atoms with Gasteiger partial charge in [-0.25, -0.2) is 9.59 Å². The zero-order valence-corrected chi connectivity index (χ0v) is 17.2. The van der Waals surface area contributed by atoms with Crippen LogP contribution in [0.3, 0.4) is 0 Å². The smallest absolute Gasteiger partial charge is 0.450 e. The minimum absolute atomic E-state index is 0.124. The Morgan fingerprint density at radius 2 is 1.87 bits per heavy atom. The Labute approximate surface area is 176 Å². The molecule has 1 N–H and O–H groups in total. The molecule has 0 aliphatic carbocycles. The summed E-state index contributed by atoms with van der Waals surface area (Å²) >= 11 is 0. The SMILES string of the molecule is CCOC(=O)N1CCC(N2CCC(n3c(=O)[nH]c4ccc(OC(F)(F)F)cc43)CC2)C1. The molecule has 2 aliphatic rings. The molecule has 2 aliphatic heterocycles. The minimum atomic E-state index is -4.79. The largest absolute Gasteiger partial charge is 0.573 e. The van der Waals surface area contributed by atoms with Gasteiger partial charge in [-0.1, -0.05) is 0 Å². The third kappa shape index (κ3) is 4.65. The first kappa shape index (κ1) is 21.5. The normalized spacial score (nSPS) is 21.0. The van der Waals surface area contributed by atoms with Gasteiger partial charge in [-0.15, -0.1) is 13.2 Å². The summed E-state index contributed by atoms with van der Waals surface area (Å²) in [7, 11) is 0. The van der Waals surface area contributed by atoms with Gasteiger partial charge in [-0.3, -0.25) is 9.47 Å². The highest BCUT2D eigenvalue weighted by atomic mass is 19.4. The van der Waals surface area contributed by atoms with Crippen LogP contribution in [0, 0.1) is 0 Å². The van der Waals surface area contributed by atoms with Gasteiger partial charge >= 0.3 is 18.1 Å². The number of ether oxygens (including phenoxy) is 2. The Bertz CT molecular complexity index is 994. The number of nitrogens with one attached hydrogen (secondary N) is 1. The number of aromatic nitrogens is 2. The molecule has 1 atom stereocenters. The summed E-state index contributed by atoms with van der Waals surface area (Å²) in [6.45, 7) is 4.89. The van der Waals surface area contributed by atoms with E-state index >= 15 is 0 Å². The van der Waals surface area contributed by atoms with Crippen molar-refractivity contribution in [1.82, 2.24) is 19.4 Å². The summed E-state index contributed by atoms with van der Waals surface area (Å²) in [4.78, 5) is 31.2. The van der Waals surface area contributed by atoms with E-state index in [0.717, 1.165) is 19.5 Å². The van der Waals surface area contributed by atoms with Crippen LogP contribution in [0.25, 0.3) is 11.0 Å². The van der Waals surface area contributed by atoms with E-state index < -0.39 is 6.36 Å². The number of H-pyrrole nitrogens is 1. The fourth-order valence-corrected chi connectivity index (χ4v) is 4.59. The molecule has 0 spiro atoms. The lowest BCUT2D eigenvalue weighted by Crippen LogP contribution is -2.44. The fraction of sp³-hybridized carbons (Fsp3) is 0.600. The number of hydrogen-bond acceptors (Lipinski definition) is 5. The molecule has 31 heavy (non-hydrogen) atoms. The molecular weight excluding hydrogens is 417 g/mol. The number of piperidine rings is 1. The van der Waals surface area contributed by atoms with Crippen LogP contribution in [0.1, 0.15) is 32.2 Å². The second kappa shape index (κ2) is 8.45. The highest BCUT2D eigenvalue weighted by Gasteiger charge is 2.34. The maximum atomic E-state index is 12.6. The van der Waals surface area contributed by atoms with Gasteiger partial charge in [0.15, 0.2) is 0 Å². The van der Waals surface area contributed by atoms with Gasteiger partial charge in [0.25, 0.3) is 0 Å². The second-order valence-electron chi connectivity index (χ2n) is 7.88. The number of halogens is 3. The van der Waals surface area contributed by atoms with Gasteiger partial charge in [0, 0.05) is 44.3 Å². The average molecular weight is 442 g/mol. The zero-order valence-electron chi connectivity index (χ0n) is 17.2. The molecular formula is C20H25F3N4O4. The predicted octanol–water partition coefficient (Wildman–Crippen LogP) is 3.10. The molecule has 170 valence electrons. The minimum Gasteiger partial charge on any atom is -0.450 e. The topological polar surface area (TPSA) is 79.8 Å². The molecule has 1 aromatic heterocycles. The van der Waals surface area contributed by atoms with Gasteiger partial charge in [0.05, 0.1) is 17.6 Å². The van der Waals surface area contributed by atoms with Crippen molar-refractivity contribution >= 4 is 17.1 Å². The second-order valence-corrected chi connectivity index (χ2v) is 7.88. The number of nitrogens with zero attached hydrogens (tertiary/aromatic N) is 3. The van der Waals surface area contributed by atoms with Crippen molar-refractivity contribution in [2.24, 2.45) is 0 Å². The Kier molecular flexibility index (Phi) is 5.87. The van der Waals surface area contributed by atoms with Crippen molar-refractivity contribution in [2.75, 3.05) is 32.8 Å². The quantitative estimate of drug-likeness (QED) is 0.787.